The molecular formula is C16H25NO. The van der Waals surface area contributed by atoms with E-state index < -0.39 is 0 Å². The lowest BCUT2D eigenvalue weighted by Crippen LogP contribution is -2.37. The Morgan fingerprint density at radius 1 is 1.28 bits per heavy atom. The first kappa shape index (κ1) is 13.6. The van der Waals surface area contributed by atoms with Crippen LogP contribution < -0.4 is 5.32 Å². The fraction of sp³-hybridized carbons (Fsp3) is 0.625. The van der Waals surface area contributed by atoms with E-state index >= 15 is 0 Å². The summed E-state index contributed by atoms with van der Waals surface area (Å²) in [6, 6.07) is 9.36. The van der Waals surface area contributed by atoms with Gasteiger partial charge in [-0.15, -0.1) is 0 Å². The van der Waals surface area contributed by atoms with Crippen LogP contribution >= 0.6 is 0 Å². The summed E-state index contributed by atoms with van der Waals surface area (Å²) in [7, 11) is 2.10. The third kappa shape index (κ3) is 3.56. The third-order valence-corrected chi connectivity index (χ3v) is 4.19. The highest BCUT2D eigenvalue weighted by molar-refractivity contribution is 5.25. The molecule has 1 heterocycles. The number of aryl methyl sites for hydroxylation is 2. The maximum Gasteiger partial charge on any atom is 0.0469 e. The first-order chi connectivity index (χ1) is 8.81. The van der Waals surface area contributed by atoms with Crippen LogP contribution in [0.2, 0.25) is 0 Å². The first-order valence-corrected chi connectivity index (χ1v) is 7.11. The molecule has 1 saturated heterocycles. The maximum absolute atomic E-state index is 5.45. The minimum atomic E-state index is 0.633. The van der Waals surface area contributed by atoms with E-state index in [1.807, 2.05) is 0 Å². The van der Waals surface area contributed by atoms with Gasteiger partial charge in [0.05, 0.1) is 0 Å². The summed E-state index contributed by atoms with van der Waals surface area (Å²) in [4.78, 5) is 0. The molecule has 1 fully saturated rings. The summed E-state index contributed by atoms with van der Waals surface area (Å²) in [5.41, 5.74) is 2.91. The van der Waals surface area contributed by atoms with E-state index in [0.717, 1.165) is 19.1 Å². The van der Waals surface area contributed by atoms with E-state index in [9.17, 15) is 0 Å². The molecular weight excluding hydrogens is 222 g/mol. The Balaban J connectivity index is 1.88. The van der Waals surface area contributed by atoms with Gasteiger partial charge < -0.3 is 10.1 Å². The van der Waals surface area contributed by atoms with Crippen LogP contribution in [-0.4, -0.2) is 26.3 Å². The van der Waals surface area contributed by atoms with Gasteiger partial charge in [-0.1, -0.05) is 24.3 Å². The largest absolute Gasteiger partial charge is 0.381 e. The molecule has 0 aromatic heterocycles. The van der Waals surface area contributed by atoms with Crippen LogP contribution in [0.15, 0.2) is 24.3 Å². The fourth-order valence-corrected chi connectivity index (χ4v) is 2.94. The van der Waals surface area contributed by atoms with E-state index in [1.165, 1.54) is 36.8 Å². The fourth-order valence-electron chi connectivity index (χ4n) is 2.94. The Labute approximate surface area is 111 Å². The van der Waals surface area contributed by atoms with E-state index in [2.05, 4.69) is 43.6 Å². The molecule has 1 atom stereocenters. The Morgan fingerprint density at radius 3 is 2.67 bits per heavy atom. The average Bonchev–Trinajstić information content (AvgIpc) is 2.42. The van der Waals surface area contributed by atoms with E-state index in [4.69, 9.17) is 4.74 Å². The standard InChI is InChI=1S/C16H25NO/c1-13-5-3-4-6-14(13)7-8-16(17-2)15-9-11-18-12-10-15/h3-6,15-17H,7-12H2,1-2H3. The summed E-state index contributed by atoms with van der Waals surface area (Å²) in [5.74, 6) is 0.785. The second-order valence-electron chi connectivity index (χ2n) is 5.31. The Hall–Kier alpha value is -0.860. The van der Waals surface area contributed by atoms with Crippen LogP contribution in [0, 0.1) is 12.8 Å². The summed E-state index contributed by atoms with van der Waals surface area (Å²) < 4.78 is 5.45. The lowest BCUT2D eigenvalue weighted by atomic mass is 9.87. The van der Waals surface area contributed by atoms with Gasteiger partial charge in [-0.25, -0.2) is 0 Å². The predicted molar refractivity (Wildman–Crippen MR) is 75.9 cm³/mol. The molecule has 1 aromatic carbocycles. The van der Waals surface area contributed by atoms with Crippen LogP contribution in [0.1, 0.15) is 30.4 Å². The summed E-state index contributed by atoms with van der Waals surface area (Å²) in [5, 5.41) is 3.51. The molecule has 100 valence electrons. The van der Waals surface area contributed by atoms with Crippen molar-refractivity contribution in [1.29, 1.82) is 0 Å². The number of rotatable bonds is 5. The van der Waals surface area contributed by atoms with Crippen LogP contribution in [0.5, 0.6) is 0 Å². The molecule has 0 spiro atoms. The smallest absolute Gasteiger partial charge is 0.0469 e. The van der Waals surface area contributed by atoms with Crippen molar-refractivity contribution in [3.63, 3.8) is 0 Å². The zero-order chi connectivity index (χ0) is 12.8. The van der Waals surface area contributed by atoms with Crippen LogP contribution in [0.25, 0.3) is 0 Å². The summed E-state index contributed by atoms with van der Waals surface area (Å²) >= 11 is 0. The van der Waals surface area contributed by atoms with E-state index in [1.54, 1.807) is 0 Å². The molecule has 0 aliphatic carbocycles. The predicted octanol–water partition coefficient (Wildman–Crippen LogP) is 2.94. The summed E-state index contributed by atoms with van der Waals surface area (Å²) in [6.45, 7) is 4.08. The molecule has 1 N–H and O–H groups in total. The molecule has 0 amide bonds. The highest BCUT2D eigenvalue weighted by atomic mass is 16.5. The zero-order valence-corrected chi connectivity index (χ0v) is 11.6. The minimum absolute atomic E-state index is 0.633. The van der Waals surface area contributed by atoms with Gasteiger partial charge in [-0.3, -0.25) is 0 Å². The van der Waals surface area contributed by atoms with Crippen molar-refractivity contribution >= 4 is 0 Å². The Morgan fingerprint density at radius 2 is 2.00 bits per heavy atom. The number of hydrogen-bond acceptors (Lipinski definition) is 2. The van der Waals surface area contributed by atoms with Crippen LogP contribution in [-0.2, 0) is 11.2 Å². The van der Waals surface area contributed by atoms with Crippen molar-refractivity contribution in [3.05, 3.63) is 35.4 Å². The van der Waals surface area contributed by atoms with Crippen molar-refractivity contribution in [3.8, 4) is 0 Å². The van der Waals surface area contributed by atoms with Gasteiger partial charge in [-0.2, -0.15) is 0 Å². The molecule has 2 nitrogen and oxygen atoms in total. The van der Waals surface area contributed by atoms with Crippen molar-refractivity contribution in [1.82, 2.24) is 5.32 Å². The van der Waals surface area contributed by atoms with Gasteiger partial charge in [0.2, 0.25) is 0 Å². The first-order valence-electron chi connectivity index (χ1n) is 7.11. The number of benzene rings is 1. The monoisotopic (exact) mass is 247 g/mol. The molecule has 0 radical (unpaired) electrons. The molecule has 2 heteroatoms. The van der Waals surface area contributed by atoms with E-state index in [0.29, 0.717) is 6.04 Å². The highest BCUT2D eigenvalue weighted by Crippen LogP contribution is 2.22. The second kappa shape index (κ2) is 6.91. The minimum Gasteiger partial charge on any atom is -0.381 e. The van der Waals surface area contributed by atoms with Crippen molar-refractivity contribution in [2.75, 3.05) is 20.3 Å². The highest BCUT2D eigenvalue weighted by Gasteiger charge is 2.22. The number of hydrogen-bond donors (Lipinski definition) is 1. The van der Waals surface area contributed by atoms with Gasteiger partial charge >= 0.3 is 0 Å². The van der Waals surface area contributed by atoms with E-state index in [-0.39, 0.29) is 0 Å². The van der Waals surface area contributed by atoms with Gasteiger partial charge in [0, 0.05) is 19.3 Å². The second-order valence-corrected chi connectivity index (χ2v) is 5.31. The molecule has 18 heavy (non-hydrogen) atoms. The third-order valence-electron chi connectivity index (χ3n) is 4.19. The molecule has 0 saturated carbocycles. The van der Waals surface area contributed by atoms with Crippen molar-refractivity contribution in [2.24, 2.45) is 5.92 Å². The van der Waals surface area contributed by atoms with Gasteiger partial charge in [0.25, 0.3) is 0 Å². The van der Waals surface area contributed by atoms with Crippen molar-refractivity contribution in [2.45, 2.75) is 38.6 Å². The summed E-state index contributed by atoms with van der Waals surface area (Å²) in [6.07, 6.45) is 4.82. The molecule has 1 aliphatic rings. The number of nitrogens with one attached hydrogen (secondary N) is 1. The normalized spacial score (nSPS) is 18.8. The molecule has 1 aromatic rings. The van der Waals surface area contributed by atoms with Gasteiger partial charge in [0.15, 0.2) is 0 Å². The van der Waals surface area contributed by atoms with Crippen LogP contribution in [0.3, 0.4) is 0 Å². The maximum atomic E-state index is 5.45. The lowest BCUT2D eigenvalue weighted by Gasteiger charge is -2.30. The number of ether oxygens (including phenoxy) is 1. The molecule has 1 aliphatic heterocycles. The Kier molecular flexibility index (Phi) is 5.21. The van der Waals surface area contributed by atoms with Gasteiger partial charge in [0.1, 0.15) is 0 Å². The quantitative estimate of drug-likeness (QED) is 0.864. The topological polar surface area (TPSA) is 21.3 Å². The Bertz CT molecular complexity index is 358. The molecule has 1 unspecified atom stereocenters. The van der Waals surface area contributed by atoms with Crippen LogP contribution in [0.4, 0.5) is 0 Å². The van der Waals surface area contributed by atoms with Crippen molar-refractivity contribution < 1.29 is 4.74 Å². The zero-order valence-electron chi connectivity index (χ0n) is 11.6. The average molecular weight is 247 g/mol. The lowest BCUT2D eigenvalue weighted by molar-refractivity contribution is 0.0537. The SMILES string of the molecule is CNC(CCc1ccccc1C)C1CCOCC1. The molecule has 2 rings (SSSR count). The van der Waals surface area contributed by atoms with Gasteiger partial charge in [-0.05, 0) is 56.7 Å². The molecule has 0 bridgehead atoms.